The van der Waals surface area contributed by atoms with Gasteiger partial charge in [0.2, 0.25) is 0 Å². The molecule has 0 heterocycles. The zero-order valence-electron chi connectivity index (χ0n) is 8.94. The van der Waals surface area contributed by atoms with E-state index in [9.17, 15) is 9.59 Å². The molecular weight excluding hydrogens is 212 g/mol. The highest BCUT2D eigenvalue weighted by Gasteiger charge is 2.13. The van der Waals surface area contributed by atoms with E-state index >= 15 is 0 Å². The average Bonchev–Trinajstić information content (AvgIpc) is 2.16. The van der Waals surface area contributed by atoms with Gasteiger partial charge in [-0.25, -0.2) is 9.59 Å². The molecule has 4 N–H and O–H groups in total. The summed E-state index contributed by atoms with van der Waals surface area (Å²) in [5, 5.41) is 0. The lowest BCUT2D eigenvalue weighted by atomic mass is 10.1. The molecule has 0 aliphatic rings. The highest BCUT2D eigenvalue weighted by atomic mass is 16.6. The minimum Gasteiger partial charge on any atom is -0.410 e. The molecule has 0 radical (unpaired) electrons. The fourth-order valence-electron chi connectivity index (χ4n) is 1.29. The van der Waals surface area contributed by atoms with E-state index in [2.05, 4.69) is 0 Å². The first kappa shape index (κ1) is 11.8. The fraction of sp³-hybridized carbons (Fsp3) is 0.200. The van der Waals surface area contributed by atoms with Gasteiger partial charge in [-0.15, -0.1) is 0 Å². The zero-order chi connectivity index (χ0) is 12.3. The highest BCUT2D eigenvalue weighted by molar-refractivity contribution is 5.72. The smallest absolute Gasteiger partial charge is 0.409 e. The predicted octanol–water partition coefficient (Wildman–Crippen LogP) is 1.22. The van der Waals surface area contributed by atoms with Crippen molar-refractivity contribution in [3.05, 3.63) is 23.3 Å². The van der Waals surface area contributed by atoms with E-state index in [1.807, 2.05) is 0 Å². The molecule has 6 heteroatoms. The first-order valence-electron chi connectivity index (χ1n) is 4.46. The van der Waals surface area contributed by atoms with Gasteiger partial charge in [0.1, 0.15) is 11.5 Å². The third-order valence-corrected chi connectivity index (χ3v) is 1.97. The lowest BCUT2D eigenvalue weighted by Crippen LogP contribution is -2.19. The number of rotatable bonds is 2. The largest absolute Gasteiger partial charge is 0.410 e. The minimum absolute atomic E-state index is 0.231. The Balaban J connectivity index is 3.15. The second kappa shape index (κ2) is 4.52. The first-order valence-corrected chi connectivity index (χ1v) is 4.46. The van der Waals surface area contributed by atoms with Crippen molar-refractivity contribution in [2.45, 2.75) is 13.8 Å². The molecule has 0 saturated heterocycles. The molecule has 1 rings (SSSR count). The van der Waals surface area contributed by atoms with Crippen molar-refractivity contribution in [2.24, 2.45) is 11.5 Å². The number of nitrogens with two attached hydrogens (primary N) is 2. The number of primary amides is 2. The molecule has 0 aliphatic heterocycles. The van der Waals surface area contributed by atoms with Gasteiger partial charge >= 0.3 is 12.2 Å². The van der Waals surface area contributed by atoms with Crippen LogP contribution in [0.5, 0.6) is 11.5 Å². The maximum absolute atomic E-state index is 10.7. The lowest BCUT2D eigenvalue weighted by Gasteiger charge is -2.12. The molecule has 6 nitrogen and oxygen atoms in total. The molecule has 86 valence electrons. The Morgan fingerprint density at radius 1 is 1.06 bits per heavy atom. The van der Waals surface area contributed by atoms with Gasteiger partial charge in [0.05, 0.1) is 0 Å². The molecule has 1 aromatic carbocycles. The molecule has 0 saturated carbocycles. The third kappa shape index (κ3) is 2.63. The van der Waals surface area contributed by atoms with Crippen molar-refractivity contribution in [1.29, 1.82) is 0 Å². The third-order valence-electron chi connectivity index (χ3n) is 1.97. The summed E-state index contributed by atoms with van der Waals surface area (Å²) in [5.41, 5.74) is 11.0. The summed E-state index contributed by atoms with van der Waals surface area (Å²) >= 11 is 0. The Hall–Kier alpha value is -2.24. The molecular formula is C10H12N2O4. The van der Waals surface area contributed by atoms with Crippen LogP contribution in [0, 0.1) is 13.8 Å². The predicted molar refractivity (Wildman–Crippen MR) is 56.3 cm³/mol. The second-order valence-electron chi connectivity index (χ2n) is 3.18. The SMILES string of the molecule is Cc1ccc(OC(N)=O)c(C)c1OC(N)=O. The van der Waals surface area contributed by atoms with E-state index < -0.39 is 12.2 Å². The standard InChI is InChI=1S/C10H12N2O4/c1-5-3-4-7(15-9(11)13)6(2)8(5)16-10(12)14/h3-4H,1-2H3,(H2,11,13)(H2,12,14). The van der Waals surface area contributed by atoms with Crippen molar-refractivity contribution < 1.29 is 19.1 Å². The van der Waals surface area contributed by atoms with Crippen LogP contribution in [0.3, 0.4) is 0 Å². The molecule has 16 heavy (non-hydrogen) atoms. The van der Waals surface area contributed by atoms with Crippen LogP contribution in [0.4, 0.5) is 9.59 Å². The van der Waals surface area contributed by atoms with Crippen LogP contribution in [-0.4, -0.2) is 12.2 Å². The van der Waals surface area contributed by atoms with Gasteiger partial charge < -0.3 is 20.9 Å². The summed E-state index contributed by atoms with van der Waals surface area (Å²) in [5.74, 6) is 0.501. The van der Waals surface area contributed by atoms with Crippen molar-refractivity contribution in [3.8, 4) is 11.5 Å². The summed E-state index contributed by atoms with van der Waals surface area (Å²) < 4.78 is 9.53. The van der Waals surface area contributed by atoms with Crippen LogP contribution < -0.4 is 20.9 Å². The Morgan fingerprint density at radius 2 is 1.62 bits per heavy atom. The topological polar surface area (TPSA) is 105 Å². The van der Waals surface area contributed by atoms with E-state index in [0.29, 0.717) is 11.1 Å². The van der Waals surface area contributed by atoms with Gasteiger partial charge in [-0.3, -0.25) is 0 Å². The Bertz CT molecular complexity index is 443. The van der Waals surface area contributed by atoms with Crippen LogP contribution in [-0.2, 0) is 0 Å². The van der Waals surface area contributed by atoms with E-state index in [0.717, 1.165) is 0 Å². The number of ether oxygens (including phenoxy) is 2. The number of hydrogen-bond acceptors (Lipinski definition) is 4. The van der Waals surface area contributed by atoms with Crippen molar-refractivity contribution >= 4 is 12.2 Å². The summed E-state index contributed by atoms with van der Waals surface area (Å²) in [6, 6.07) is 3.19. The quantitative estimate of drug-likeness (QED) is 0.787. The molecule has 0 atom stereocenters. The van der Waals surface area contributed by atoms with Crippen LogP contribution in [0.15, 0.2) is 12.1 Å². The fourth-order valence-corrected chi connectivity index (χ4v) is 1.29. The summed E-state index contributed by atoms with van der Waals surface area (Å²) in [6.07, 6.45) is -1.86. The molecule has 0 aromatic heterocycles. The van der Waals surface area contributed by atoms with E-state index in [1.54, 1.807) is 26.0 Å². The number of aryl methyl sites for hydroxylation is 1. The van der Waals surface area contributed by atoms with Crippen LogP contribution in [0.25, 0.3) is 0 Å². The molecule has 0 aliphatic carbocycles. The minimum atomic E-state index is -0.933. The number of benzene rings is 1. The van der Waals surface area contributed by atoms with Crippen molar-refractivity contribution in [1.82, 2.24) is 0 Å². The number of hydrogen-bond donors (Lipinski definition) is 2. The van der Waals surface area contributed by atoms with Gasteiger partial charge in [0, 0.05) is 5.56 Å². The molecule has 0 unspecified atom stereocenters. The van der Waals surface area contributed by atoms with Gasteiger partial charge in [-0.1, -0.05) is 6.07 Å². The van der Waals surface area contributed by atoms with Crippen molar-refractivity contribution in [3.63, 3.8) is 0 Å². The van der Waals surface area contributed by atoms with E-state index in [4.69, 9.17) is 20.9 Å². The zero-order valence-corrected chi connectivity index (χ0v) is 8.94. The first-order chi connectivity index (χ1) is 7.41. The number of carbonyl (C=O) groups excluding carboxylic acids is 2. The maximum atomic E-state index is 10.7. The van der Waals surface area contributed by atoms with Crippen molar-refractivity contribution in [2.75, 3.05) is 0 Å². The van der Waals surface area contributed by atoms with Gasteiger partial charge in [-0.05, 0) is 25.5 Å². The lowest BCUT2D eigenvalue weighted by molar-refractivity contribution is 0.208. The summed E-state index contributed by atoms with van der Waals surface area (Å²) in [6.45, 7) is 3.36. The molecule has 0 bridgehead atoms. The Labute approximate surface area is 92.1 Å². The summed E-state index contributed by atoms with van der Waals surface area (Å²) in [4.78, 5) is 21.3. The van der Waals surface area contributed by atoms with Gasteiger partial charge in [0.25, 0.3) is 0 Å². The Morgan fingerprint density at radius 3 is 2.12 bits per heavy atom. The van der Waals surface area contributed by atoms with E-state index in [1.165, 1.54) is 0 Å². The number of amides is 2. The number of carbonyl (C=O) groups is 2. The Kier molecular flexibility index (Phi) is 3.34. The summed E-state index contributed by atoms with van der Waals surface area (Å²) in [7, 11) is 0. The monoisotopic (exact) mass is 224 g/mol. The molecule has 0 spiro atoms. The molecule has 2 amide bonds. The molecule has 0 fully saturated rings. The van der Waals surface area contributed by atoms with E-state index in [-0.39, 0.29) is 11.5 Å². The highest BCUT2D eigenvalue weighted by Crippen LogP contribution is 2.31. The van der Waals surface area contributed by atoms with Gasteiger partial charge in [0.15, 0.2) is 0 Å². The van der Waals surface area contributed by atoms with Crippen LogP contribution >= 0.6 is 0 Å². The maximum Gasteiger partial charge on any atom is 0.409 e. The molecule has 1 aromatic rings. The normalized spacial score (nSPS) is 9.62. The second-order valence-corrected chi connectivity index (χ2v) is 3.18. The van der Waals surface area contributed by atoms with Crippen LogP contribution in [0.2, 0.25) is 0 Å². The van der Waals surface area contributed by atoms with Gasteiger partial charge in [-0.2, -0.15) is 0 Å². The van der Waals surface area contributed by atoms with Crippen LogP contribution in [0.1, 0.15) is 11.1 Å². The average molecular weight is 224 g/mol.